The molecule has 4 aromatic rings. The number of rotatable bonds is 6. The molecule has 2 aromatic heterocycles. The number of nitrogens with zero attached hydrogens (tertiary/aromatic N) is 3. The molecule has 0 radical (unpaired) electrons. The van der Waals surface area contributed by atoms with E-state index in [1.165, 1.54) is 0 Å². The second kappa shape index (κ2) is 7.90. The van der Waals surface area contributed by atoms with Gasteiger partial charge in [0.1, 0.15) is 16.9 Å². The van der Waals surface area contributed by atoms with Crippen molar-refractivity contribution >= 4 is 34.0 Å². The minimum atomic E-state index is -0.525. The van der Waals surface area contributed by atoms with Crippen molar-refractivity contribution in [3.8, 4) is 17.2 Å². The van der Waals surface area contributed by atoms with Gasteiger partial charge in [-0.1, -0.05) is 19.1 Å². The first kappa shape index (κ1) is 19.5. The summed E-state index contributed by atoms with van der Waals surface area (Å²) in [6.07, 6.45) is 0.703. The maximum absolute atomic E-state index is 12.8. The number of benzene rings is 2. The lowest BCUT2D eigenvalue weighted by Gasteiger charge is -2.12. The largest absolute Gasteiger partial charge is 0.493 e. The Kier molecular flexibility index (Phi) is 5.14. The molecule has 4 rings (SSSR count). The third-order valence-electron chi connectivity index (χ3n) is 4.76. The zero-order chi connectivity index (χ0) is 21.3. The van der Waals surface area contributed by atoms with E-state index < -0.39 is 5.97 Å². The van der Waals surface area contributed by atoms with Crippen molar-refractivity contribution in [2.24, 2.45) is 0 Å². The molecule has 0 fully saturated rings. The van der Waals surface area contributed by atoms with Crippen molar-refractivity contribution in [1.82, 2.24) is 14.5 Å². The first-order chi connectivity index (χ1) is 14.6. The molecule has 0 aliphatic heterocycles. The van der Waals surface area contributed by atoms with Gasteiger partial charge in [0.05, 0.1) is 37.5 Å². The van der Waals surface area contributed by atoms with Crippen LogP contribution < -0.4 is 15.2 Å². The average molecular weight is 406 g/mol. The summed E-state index contributed by atoms with van der Waals surface area (Å²) in [5.74, 6) is 0.785. The summed E-state index contributed by atoms with van der Waals surface area (Å²) in [5, 5.41) is 0. The van der Waals surface area contributed by atoms with E-state index in [0.717, 1.165) is 0 Å². The first-order valence-corrected chi connectivity index (χ1v) is 9.55. The number of nitrogen functional groups attached to an aromatic ring is 1. The number of esters is 1. The lowest BCUT2D eigenvalue weighted by atomic mass is 10.2. The third-order valence-corrected chi connectivity index (χ3v) is 4.76. The van der Waals surface area contributed by atoms with Gasteiger partial charge < -0.3 is 19.9 Å². The summed E-state index contributed by atoms with van der Waals surface area (Å²) in [7, 11) is 3.12. The monoisotopic (exact) mass is 406 g/mol. The third kappa shape index (κ3) is 3.16. The Morgan fingerprint density at radius 1 is 1.03 bits per heavy atom. The fourth-order valence-electron chi connectivity index (χ4n) is 3.36. The highest BCUT2D eigenvalue weighted by Gasteiger charge is 2.26. The smallest absolute Gasteiger partial charge is 0.344 e. The molecule has 0 aliphatic carbocycles. The molecule has 0 saturated heterocycles. The van der Waals surface area contributed by atoms with Crippen LogP contribution in [0.25, 0.3) is 27.9 Å². The van der Waals surface area contributed by atoms with Crippen LogP contribution in [0.1, 0.15) is 23.7 Å². The van der Waals surface area contributed by atoms with Gasteiger partial charge in [0.15, 0.2) is 17.1 Å². The van der Waals surface area contributed by atoms with Crippen LogP contribution in [0, 0.1) is 0 Å². The maximum Gasteiger partial charge on any atom is 0.344 e. The van der Waals surface area contributed by atoms with Crippen LogP contribution in [-0.4, -0.2) is 41.3 Å². The van der Waals surface area contributed by atoms with Gasteiger partial charge in [0, 0.05) is 6.07 Å². The maximum atomic E-state index is 12.8. The number of para-hydroxylation sites is 2. The second-order valence-corrected chi connectivity index (χ2v) is 6.66. The quantitative estimate of drug-likeness (QED) is 0.487. The van der Waals surface area contributed by atoms with Crippen molar-refractivity contribution in [1.29, 1.82) is 0 Å². The fourth-order valence-corrected chi connectivity index (χ4v) is 3.36. The Balaban J connectivity index is 2.02. The van der Waals surface area contributed by atoms with Gasteiger partial charge in [-0.15, -0.1) is 0 Å². The van der Waals surface area contributed by atoms with Crippen LogP contribution in [0.2, 0.25) is 0 Å². The van der Waals surface area contributed by atoms with E-state index in [1.54, 1.807) is 30.9 Å². The molecule has 8 nitrogen and oxygen atoms in total. The SMILES string of the molecule is CCCOC(=O)c1c(N)n(-c2ccc(OC)c(OC)c2)c2nc3ccccc3nc12. The highest BCUT2D eigenvalue weighted by atomic mass is 16.5. The molecule has 2 heterocycles. The van der Waals surface area contributed by atoms with E-state index in [9.17, 15) is 4.79 Å². The highest BCUT2D eigenvalue weighted by molar-refractivity contribution is 6.09. The molecule has 0 atom stereocenters. The van der Waals surface area contributed by atoms with Crippen LogP contribution in [0.3, 0.4) is 0 Å². The number of anilines is 1. The number of ether oxygens (including phenoxy) is 3. The summed E-state index contributed by atoms with van der Waals surface area (Å²) >= 11 is 0. The molecule has 154 valence electrons. The van der Waals surface area contributed by atoms with Crippen molar-refractivity contribution in [2.75, 3.05) is 26.6 Å². The van der Waals surface area contributed by atoms with Gasteiger partial charge in [-0.3, -0.25) is 4.57 Å². The molecular weight excluding hydrogens is 384 g/mol. The van der Waals surface area contributed by atoms with Crippen LogP contribution in [-0.2, 0) is 4.74 Å². The molecule has 0 spiro atoms. The Hall–Kier alpha value is -3.81. The molecule has 2 N–H and O–H groups in total. The number of methoxy groups -OCH3 is 2. The molecular formula is C22H22N4O4. The molecule has 0 saturated carbocycles. The van der Waals surface area contributed by atoms with Gasteiger partial charge in [-0.25, -0.2) is 14.8 Å². The summed E-state index contributed by atoms with van der Waals surface area (Å²) < 4.78 is 17.8. The normalized spacial score (nSPS) is 11.0. The van der Waals surface area contributed by atoms with Crippen LogP contribution >= 0.6 is 0 Å². The topological polar surface area (TPSA) is 101 Å². The van der Waals surface area contributed by atoms with Gasteiger partial charge in [0.25, 0.3) is 0 Å². The van der Waals surface area contributed by atoms with Gasteiger partial charge in [-0.2, -0.15) is 0 Å². The lowest BCUT2D eigenvalue weighted by Crippen LogP contribution is -2.10. The Morgan fingerprint density at radius 2 is 1.73 bits per heavy atom. The van der Waals surface area contributed by atoms with E-state index in [-0.39, 0.29) is 11.4 Å². The van der Waals surface area contributed by atoms with Gasteiger partial charge in [0.2, 0.25) is 0 Å². The fraction of sp³-hybridized carbons (Fsp3) is 0.227. The molecule has 2 aromatic carbocycles. The second-order valence-electron chi connectivity index (χ2n) is 6.66. The molecule has 0 amide bonds. The Morgan fingerprint density at radius 3 is 2.40 bits per heavy atom. The van der Waals surface area contributed by atoms with Crippen LogP contribution in [0.5, 0.6) is 11.5 Å². The molecule has 0 bridgehead atoms. The van der Waals surface area contributed by atoms with Gasteiger partial charge >= 0.3 is 5.97 Å². The van der Waals surface area contributed by atoms with E-state index in [1.807, 2.05) is 37.3 Å². The summed E-state index contributed by atoms with van der Waals surface area (Å²) in [6, 6.07) is 12.8. The molecule has 30 heavy (non-hydrogen) atoms. The van der Waals surface area contributed by atoms with E-state index in [2.05, 4.69) is 4.98 Å². The number of carbonyl (C=O) groups is 1. The Bertz CT molecular complexity index is 1250. The highest BCUT2D eigenvalue weighted by Crippen LogP contribution is 2.35. The minimum Gasteiger partial charge on any atom is -0.493 e. The van der Waals surface area contributed by atoms with Crippen molar-refractivity contribution in [3.05, 3.63) is 48.0 Å². The number of hydrogen-bond donors (Lipinski definition) is 1. The number of hydrogen-bond acceptors (Lipinski definition) is 7. The molecule has 8 heteroatoms. The van der Waals surface area contributed by atoms with Crippen molar-refractivity contribution in [3.63, 3.8) is 0 Å². The number of fused-ring (bicyclic) bond motifs is 2. The summed E-state index contributed by atoms with van der Waals surface area (Å²) in [6.45, 7) is 2.22. The van der Waals surface area contributed by atoms with Crippen molar-refractivity contribution in [2.45, 2.75) is 13.3 Å². The van der Waals surface area contributed by atoms with Gasteiger partial charge in [-0.05, 0) is 30.7 Å². The summed E-state index contributed by atoms with van der Waals surface area (Å²) in [4.78, 5) is 22.2. The average Bonchev–Trinajstić information content (AvgIpc) is 3.06. The molecule has 0 aliphatic rings. The predicted octanol–water partition coefficient (Wildman–Crippen LogP) is 3.74. The lowest BCUT2D eigenvalue weighted by molar-refractivity contribution is 0.0508. The summed E-state index contributed by atoms with van der Waals surface area (Å²) in [5.41, 5.74) is 9.53. The number of aromatic nitrogens is 3. The van der Waals surface area contributed by atoms with E-state index in [4.69, 9.17) is 24.9 Å². The zero-order valence-corrected chi connectivity index (χ0v) is 17.0. The Labute approximate surface area is 173 Å². The van der Waals surface area contributed by atoms with E-state index in [0.29, 0.717) is 52.4 Å². The van der Waals surface area contributed by atoms with E-state index >= 15 is 0 Å². The first-order valence-electron chi connectivity index (χ1n) is 9.55. The van der Waals surface area contributed by atoms with Crippen molar-refractivity contribution < 1.29 is 19.0 Å². The zero-order valence-electron chi connectivity index (χ0n) is 17.0. The predicted molar refractivity (Wildman–Crippen MR) is 114 cm³/mol. The van der Waals surface area contributed by atoms with Crippen LogP contribution in [0.4, 0.5) is 5.82 Å². The number of nitrogens with two attached hydrogens (primary N) is 1. The molecule has 0 unspecified atom stereocenters. The minimum absolute atomic E-state index is 0.200. The van der Waals surface area contributed by atoms with Crippen LogP contribution in [0.15, 0.2) is 42.5 Å². The number of carbonyl (C=O) groups excluding carboxylic acids is 1. The standard InChI is InChI=1S/C22H22N4O4/c1-4-11-30-22(27)18-19-21(25-15-8-6-5-7-14(15)24-19)26(20(18)23)13-9-10-16(28-2)17(12-13)29-3/h5-10,12H,4,11,23H2,1-3H3.